The molecule has 1 unspecified atom stereocenters. The van der Waals surface area contributed by atoms with Gasteiger partial charge in [0.25, 0.3) is 0 Å². The first-order valence-corrected chi connectivity index (χ1v) is 3.33. The molecule has 0 radical (unpaired) electrons. The van der Waals surface area contributed by atoms with Crippen LogP contribution in [-0.4, -0.2) is 30.4 Å². The Labute approximate surface area is 64.4 Å². The van der Waals surface area contributed by atoms with Crippen LogP contribution in [-0.2, 0) is 14.3 Å². The number of carboxylic acid groups (broad SMARTS) is 1. The topological polar surface area (TPSA) is 59.1 Å². The maximum Gasteiger partial charge on any atom is 0.334 e. The standard InChI is InChI=1S/C7H10O4/c1-5(7(8)9)2-10-3-6-4-11-6/h2,6H,3-4H2,1H3,(H,8,9). The van der Waals surface area contributed by atoms with Crippen molar-refractivity contribution in [3.05, 3.63) is 11.8 Å². The molecule has 0 aromatic heterocycles. The van der Waals surface area contributed by atoms with Crippen molar-refractivity contribution in [2.45, 2.75) is 13.0 Å². The SMILES string of the molecule is CC(=COCC1CO1)C(=O)O. The molecule has 1 rings (SSSR count). The van der Waals surface area contributed by atoms with Gasteiger partial charge in [0, 0.05) is 0 Å². The molecule has 0 spiro atoms. The highest BCUT2D eigenvalue weighted by atomic mass is 16.6. The van der Waals surface area contributed by atoms with Crippen LogP contribution in [0.2, 0.25) is 0 Å². The van der Waals surface area contributed by atoms with Gasteiger partial charge >= 0.3 is 5.97 Å². The Kier molecular flexibility index (Phi) is 2.48. The number of hydrogen-bond donors (Lipinski definition) is 1. The Hall–Kier alpha value is -1.03. The van der Waals surface area contributed by atoms with Crippen LogP contribution in [0.5, 0.6) is 0 Å². The van der Waals surface area contributed by atoms with Crippen molar-refractivity contribution >= 4 is 5.97 Å². The number of aliphatic carboxylic acids is 1. The summed E-state index contributed by atoms with van der Waals surface area (Å²) in [6.45, 7) is 2.65. The maximum atomic E-state index is 10.2. The van der Waals surface area contributed by atoms with Crippen molar-refractivity contribution in [1.29, 1.82) is 0 Å². The molecule has 1 aliphatic heterocycles. The second kappa shape index (κ2) is 3.39. The fourth-order valence-electron chi connectivity index (χ4n) is 0.495. The van der Waals surface area contributed by atoms with Gasteiger partial charge in [-0.05, 0) is 6.92 Å². The fraction of sp³-hybridized carbons (Fsp3) is 0.571. The number of carboxylic acids is 1. The molecule has 4 heteroatoms. The molecule has 1 saturated heterocycles. The summed E-state index contributed by atoms with van der Waals surface area (Å²) in [6.07, 6.45) is 1.41. The predicted octanol–water partition coefficient (Wildman–Crippen LogP) is 0.390. The lowest BCUT2D eigenvalue weighted by Crippen LogP contribution is -2.00. The molecule has 62 valence electrons. The van der Waals surface area contributed by atoms with Crippen LogP contribution in [0.15, 0.2) is 11.8 Å². The van der Waals surface area contributed by atoms with E-state index in [2.05, 4.69) is 0 Å². The van der Waals surface area contributed by atoms with Crippen molar-refractivity contribution in [2.75, 3.05) is 13.2 Å². The average Bonchev–Trinajstić information content (AvgIpc) is 2.71. The Morgan fingerprint density at radius 1 is 1.91 bits per heavy atom. The van der Waals surface area contributed by atoms with E-state index in [1.54, 1.807) is 0 Å². The summed E-state index contributed by atoms with van der Waals surface area (Å²) in [6, 6.07) is 0. The molecule has 1 aliphatic rings. The molecule has 0 amide bonds. The first-order chi connectivity index (χ1) is 5.20. The zero-order chi connectivity index (χ0) is 8.27. The van der Waals surface area contributed by atoms with Gasteiger partial charge in [0.1, 0.15) is 12.7 Å². The van der Waals surface area contributed by atoms with Gasteiger partial charge in [-0.3, -0.25) is 0 Å². The van der Waals surface area contributed by atoms with Gasteiger partial charge in [-0.15, -0.1) is 0 Å². The third-order valence-corrected chi connectivity index (χ3v) is 1.28. The van der Waals surface area contributed by atoms with Crippen LogP contribution in [0.3, 0.4) is 0 Å². The molecular formula is C7H10O4. The monoisotopic (exact) mass is 158 g/mol. The van der Waals surface area contributed by atoms with Gasteiger partial charge in [-0.2, -0.15) is 0 Å². The second-order valence-electron chi connectivity index (χ2n) is 2.39. The Bertz CT molecular complexity index is 181. The van der Waals surface area contributed by atoms with Crippen LogP contribution < -0.4 is 0 Å². The van der Waals surface area contributed by atoms with Crippen LogP contribution in [0.4, 0.5) is 0 Å². The van der Waals surface area contributed by atoms with Gasteiger partial charge in [-0.1, -0.05) is 0 Å². The van der Waals surface area contributed by atoms with Crippen molar-refractivity contribution < 1.29 is 19.4 Å². The van der Waals surface area contributed by atoms with Gasteiger partial charge < -0.3 is 14.6 Å². The minimum absolute atomic E-state index is 0.174. The average molecular weight is 158 g/mol. The highest BCUT2D eigenvalue weighted by molar-refractivity contribution is 5.85. The Morgan fingerprint density at radius 2 is 2.55 bits per heavy atom. The largest absolute Gasteiger partial charge is 0.498 e. The van der Waals surface area contributed by atoms with Gasteiger partial charge in [-0.25, -0.2) is 4.79 Å². The lowest BCUT2D eigenvalue weighted by molar-refractivity contribution is -0.132. The van der Waals surface area contributed by atoms with E-state index in [1.807, 2.05) is 0 Å². The molecule has 1 atom stereocenters. The van der Waals surface area contributed by atoms with Gasteiger partial charge in [0.05, 0.1) is 18.4 Å². The lowest BCUT2D eigenvalue weighted by atomic mass is 10.3. The van der Waals surface area contributed by atoms with E-state index in [-0.39, 0.29) is 11.7 Å². The number of epoxide rings is 1. The van der Waals surface area contributed by atoms with Gasteiger partial charge in [0.15, 0.2) is 0 Å². The maximum absolute atomic E-state index is 10.2. The highest BCUT2D eigenvalue weighted by Crippen LogP contribution is 2.08. The molecule has 1 fully saturated rings. The third kappa shape index (κ3) is 3.04. The van der Waals surface area contributed by atoms with Crippen molar-refractivity contribution in [3.8, 4) is 0 Å². The molecule has 0 aromatic carbocycles. The molecule has 1 heterocycles. The second-order valence-corrected chi connectivity index (χ2v) is 2.39. The van der Waals surface area contributed by atoms with Crippen LogP contribution in [0.1, 0.15) is 6.92 Å². The van der Waals surface area contributed by atoms with E-state index in [4.69, 9.17) is 14.6 Å². The first-order valence-electron chi connectivity index (χ1n) is 3.33. The Balaban J connectivity index is 2.15. The van der Waals surface area contributed by atoms with Crippen molar-refractivity contribution in [1.82, 2.24) is 0 Å². The smallest absolute Gasteiger partial charge is 0.334 e. The molecule has 0 aromatic rings. The molecule has 0 saturated carbocycles. The first kappa shape index (κ1) is 8.07. The number of carbonyl (C=O) groups is 1. The van der Waals surface area contributed by atoms with Crippen molar-refractivity contribution in [2.24, 2.45) is 0 Å². The molecule has 1 N–H and O–H groups in total. The third-order valence-electron chi connectivity index (χ3n) is 1.28. The molecule has 0 bridgehead atoms. The zero-order valence-corrected chi connectivity index (χ0v) is 6.24. The minimum Gasteiger partial charge on any atom is -0.498 e. The summed E-state index contributed by atoms with van der Waals surface area (Å²) in [5, 5.41) is 8.38. The Morgan fingerprint density at radius 3 is 3.00 bits per heavy atom. The van der Waals surface area contributed by atoms with E-state index in [0.29, 0.717) is 6.61 Å². The molecule has 11 heavy (non-hydrogen) atoms. The molecular weight excluding hydrogens is 148 g/mol. The summed E-state index contributed by atoms with van der Waals surface area (Å²) in [7, 11) is 0. The van der Waals surface area contributed by atoms with Crippen molar-refractivity contribution in [3.63, 3.8) is 0 Å². The number of rotatable bonds is 4. The fourth-order valence-corrected chi connectivity index (χ4v) is 0.495. The normalized spacial score (nSPS) is 23.0. The van der Waals surface area contributed by atoms with E-state index in [9.17, 15) is 4.79 Å². The summed E-state index contributed by atoms with van der Waals surface area (Å²) in [4.78, 5) is 10.2. The molecule has 4 nitrogen and oxygen atoms in total. The van der Waals surface area contributed by atoms with E-state index >= 15 is 0 Å². The minimum atomic E-state index is -0.957. The number of ether oxygens (including phenoxy) is 2. The van der Waals surface area contributed by atoms with E-state index < -0.39 is 5.97 Å². The van der Waals surface area contributed by atoms with E-state index in [0.717, 1.165) is 6.61 Å². The van der Waals surface area contributed by atoms with Gasteiger partial charge in [0.2, 0.25) is 0 Å². The molecule has 0 aliphatic carbocycles. The van der Waals surface area contributed by atoms with E-state index in [1.165, 1.54) is 13.2 Å². The summed E-state index contributed by atoms with van der Waals surface area (Å²) < 4.78 is 9.76. The summed E-state index contributed by atoms with van der Waals surface area (Å²) in [5.41, 5.74) is 0.200. The summed E-state index contributed by atoms with van der Waals surface area (Å²) in [5.74, 6) is -0.957. The van der Waals surface area contributed by atoms with Crippen LogP contribution >= 0.6 is 0 Å². The van der Waals surface area contributed by atoms with Crippen LogP contribution in [0, 0.1) is 0 Å². The predicted molar refractivity (Wildman–Crippen MR) is 37.1 cm³/mol. The van der Waals surface area contributed by atoms with Crippen LogP contribution in [0.25, 0.3) is 0 Å². The zero-order valence-electron chi connectivity index (χ0n) is 6.24. The lowest BCUT2D eigenvalue weighted by Gasteiger charge is -1.96. The highest BCUT2D eigenvalue weighted by Gasteiger charge is 2.22. The quantitative estimate of drug-likeness (QED) is 0.365. The summed E-state index contributed by atoms with van der Waals surface area (Å²) >= 11 is 0. The number of hydrogen-bond acceptors (Lipinski definition) is 3.